The maximum absolute atomic E-state index is 13.1. The molecule has 3 rings (SSSR count). The second-order valence-corrected chi connectivity index (χ2v) is 7.48. The second-order valence-electron chi connectivity index (χ2n) is 7.48. The third-order valence-electron chi connectivity index (χ3n) is 5.30. The van der Waals surface area contributed by atoms with Crippen molar-refractivity contribution in [3.63, 3.8) is 0 Å². The van der Waals surface area contributed by atoms with Crippen molar-refractivity contribution in [2.45, 2.75) is 38.9 Å². The van der Waals surface area contributed by atoms with Gasteiger partial charge >= 0.3 is 0 Å². The Kier molecular flexibility index (Phi) is 7.90. The molecule has 0 amide bonds. The highest BCUT2D eigenvalue weighted by Gasteiger charge is 2.20. The van der Waals surface area contributed by atoms with Crippen LogP contribution in [0.4, 0.5) is 4.39 Å². The number of phenols is 1. The van der Waals surface area contributed by atoms with Crippen molar-refractivity contribution in [1.82, 2.24) is 15.5 Å². The van der Waals surface area contributed by atoms with Gasteiger partial charge < -0.3 is 20.5 Å². The molecule has 0 saturated carbocycles. The van der Waals surface area contributed by atoms with Crippen LogP contribution >= 0.6 is 0 Å². The van der Waals surface area contributed by atoms with Gasteiger partial charge in [-0.2, -0.15) is 0 Å². The summed E-state index contributed by atoms with van der Waals surface area (Å²) in [6.45, 7) is 5.96. The molecule has 0 radical (unpaired) electrons. The Morgan fingerprint density at radius 1 is 1.20 bits per heavy atom. The van der Waals surface area contributed by atoms with E-state index in [1.807, 2.05) is 31.2 Å². The number of aliphatic imine (C=N–C) groups is 1. The number of hydrogen-bond acceptors (Lipinski definition) is 4. The van der Waals surface area contributed by atoms with Gasteiger partial charge in [0, 0.05) is 37.8 Å². The Labute approximate surface area is 177 Å². The van der Waals surface area contributed by atoms with Crippen molar-refractivity contribution >= 4 is 5.96 Å². The molecule has 1 fully saturated rings. The number of guanidine groups is 1. The number of hydrogen-bond donors (Lipinski definition) is 3. The zero-order chi connectivity index (χ0) is 21.3. The smallest absolute Gasteiger partial charge is 0.191 e. The molecule has 0 aliphatic carbocycles. The first kappa shape index (κ1) is 21.9. The molecule has 6 nitrogen and oxygen atoms in total. The number of para-hydroxylation sites is 1. The van der Waals surface area contributed by atoms with E-state index in [9.17, 15) is 9.50 Å². The number of methoxy groups -OCH3 is 1. The third kappa shape index (κ3) is 6.10. The largest absolute Gasteiger partial charge is 0.504 e. The molecule has 0 unspecified atom stereocenters. The zero-order valence-corrected chi connectivity index (χ0v) is 17.7. The van der Waals surface area contributed by atoms with Crippen molar-refractivity contribution in [2.24, 2.45) is 4.99 Å². The number of phenolic OH excluding ortho intramolecular Hbond substituents is 1. The van der Waals surface area contributed by atoms with Crippen LogP contribution in [0.1, 0.15) is 30.9 Å². The predicted molar refractivity (Wildman–Crippen MR) is 117 cm³/mol. The molecular formula is C23H31FN4O2. The van der Waals surface area contributed by atoms with E-state index in [2.05, 4.69) is 20.5 Å². The number of ether oxygens (including phenoxy) is 1. The summed E-state index contributed by atoms with van der Waals surface area (Å²) in [5, 5.41) is 17.1. The summed E-state index contributed by atoms with van der Waals surface area (Å²) in [4.78, 5) is 7.03. The molecule has 1 heterocycles. The van der Waals surface area contributed by atoms with E-state index < -0.39 is 0 Å². The lowest BCUT2D eigenvalue weighted by molar-refractivity contribution is 0.198. The van der Waals surface area contributed by atoms with Gasteiger partial charge in [-0.25, -0.2) is 9.38 Å². The molecule has 1 saturated heterocycles. The Bertz CT molecular complexity index is 834. The molecule has 0 spiro atoms. The number of aromatic hydroxyl groups is 1. The minimum absolute atomic E-state index is 0.133. The molecule has 1 aliphatic rings. The van der Waals surface area contributed by atoms with E-state index in [1.54, 1.807) is 6.07 Å². The lowest BCUT2D eigenvalue weighted by atomic mass is 10.0. The monoisotopic (exact) mass is 414 g/mol. The third-order valence-corrected chi connectivity index (χ3v) is 5.30. The zero-order valence-electron chi connectivity index (χ0n) is 17.7. The fraction of sp³-hybridized carbons (Fsp3) is 0.435. The summed E-state index contributed by atoms with van der Waals surface area (Å²) in [5.41, 5.74) is 1.86. The van der Waals surface area contributed by atoms with Crippen LogP contribution in [0.2, 0.25) is 0 Å². The number of halogens is 1. The Morgan fingerprint density at radius 2 is 1.93 bits per heavy atom. The summed E-state index contributed by atoms with van der Waals surface area (Å²) in [7, 11) is 1.54. The highest BCUT2D eigenvalue weighted by molar-refractivity contribution is 5.80. The molecule has 2 aromatic carbocycles. The van der Waals surface area contributed by atoms with Gasteiger partial charge in [-0.1, -0.05) is 24.3 Å². The summed E-state index contributed by atoms with van der Waals surface area (Å²) < 4.78 is 18.2. The quantitative estimate of drug-likeness (QED) is 0.479. The van der Waals surface area contributed by atoms with Gasteiger partial charge in [0.05, 0.1) is 13.7 Å². The van der Waals surface area contributed by atoms with Gasteiger partial charge in [-0.15, -0.1) is 0 Å². The Balaban J connectivity index is 1.53. The second kappa shape index (κ2) is 10.8. The highest BCUT2D eigenvalue weighted by Crippen LogP contribution is 2.29. The normalized spacial score (nSPS) is 15.8. The number of piperidine rings is 1. The van der Waals surface area contributed by atoms with Gasteiger partial charge in [-0.05, 0) is 43.5 Å². The van der Waals surface area contributed by atoms with Crippen molar-refractivity contribution in [3.8, 4) is 11.5 Å². The van der Waals surface area contributed by atoms with Crippen LogP contribution < -0.4 is 15.4 Å². The minimum Gasteiger partial charge on any atom is -0.504 e. The molecule has 3 N–H and O–H groups in total. The van der Waals surface area contributed by atoms with Crippen LogP contribution in [0, 0.1) is 5.82 Å². The average molecular weight is 415 g/mol. The SMILES string of the molecule is CCNC(=NCc1cccc(OC)c1O)NC1CCN(Cc2ccc(F)cc2)CC1. The minimum atomic E-state index is -0.195. The van der Waals surface area contributed by atoms with Crippen LogP contribution in [0.5, 0.6) is 11.5 Å². The molecule has 7 heteroatoms. The van der Waals surface area contributed by atoms with Gasteiger partial charge in [0.25, 0.3) is 0 Å². The molecule has 1 aliphatic heterocycles. The summed E-state index contributed by atoms with van der Waals surface area (Å²) >= 11 is 0. The highest BCUT2D eigenvalue weighted by atomic mass is 19.1. The van der Waals surface area contributed by atoms with E-state index >= 15 is 0 Å². The standard InChI is InChI=1S/C23H31FN4O2/c1-3-25-23(26-15-18-5-4-6-21(30-2)22(18)29)27-20-11-13-28(14-12-20)16-17-7-9-19(24)10-8-17/h4-10,20,29H,3,11-16H2,1-2H3,(H2,25,26,27). The van der Waals surface area contributed by atoms with Crippen LogP contribution in [-0.2, 0) is 13.1 Å². The lowest BCUT2D eigenvalue weighted by Gasteiger charge is -2.33. The molecule has 0 atom stereocenters. The topological polar surface area (TPSA) is 69.1 Å². The molecule has 0 bridgehead atoms. The van der Waals surface area contributed by atoms with Gasteiger partial charge in [-0.3, -0.25) is 4.90 Å². The molecule has 2 aromatic rings. The van der Waals surface area contributed by atoms with Crippen molar-refractivity contribution < 1.29 is 14.2 Å². The van der Waals surface area contributed by atoms with E-state index in [0.29, 0.717) is 18.3 Å². The van der Waals surface area contributed by atoms with Gasteiger partial charge in [0.1, 0.15) is 5.82 Å². The van der Waals surface area contributed by atoms with Crippen molar-refractivity contribution in [1.29, 1.82) is 0 Å². The summed E-state index contributed by atoms with van der Waals surface area (Å²) in [5.74, 6) is 1.14. The maximum Gasteiger partial charge on any atom is 0.191 e. The number of nitrogens with zero attached hydrogens (tertiary/aromatic N) is 2. The fourth-order valence-electron chi connectivity index (χ4n) is 3.62. The van der Waals surface area contributed by atoms with Crippen molar-refractivity contribution in [3.05, 3.63) is 59.4 Å². The van der Waals surface area contributed by atoms with Crippen molar-refractivity contribution in [2.75, 3.05) is 26.7 Å². The first-order chi connectivity index (χ1) is 14.6. The summed E-state index contributed by atoms with van der Waals surface area (Å²) in [6, 6.07) is 12.5. The van der Waals surface area contributed by atoms with Crippen LogP contribution in [0.25, 0.3) is 0 Å². The molecular weight excluding hydrogens is 383 g/mol. The molecule has 30 heavy (non-hydrogen) atoms. The van der Waals surface area contributed by atoms with E-state index in [4.69, 9.17) is 4.74 Å². The van der Waals surface area contributed by atoms with Crippen LogP contribution in [0.15, 0.2) is 47.5 Å². The lowest BCUT2D eigenvalue weighted by Crippen LogP contribution is -2.48. The first-order valence-corrected chi connectivity index (χ1v) is 10.5. The molecule has 0 aromatic heterocycles. The number of nitrogens with one attached hydrogen (secondary N) is 2. The first-order valence-electron chi connectivity index (χ1n) is 10.5. The maximum atomic E-state index is 13.1. The van der Waals surface area contributed by atoms with E-state index in [0.717, 1.165) is 56.1 Å². The molecule has 162 valence electrons. The average Bonchev–Trinajstić information content (AvgIpc) is 2.76. The predicted octanol–water partition coefficient (Wildman–Crippen LogP) is 3.26. The Hall–Kier alpha value is -2.80. The van der Waals surface area contributed by atoms with Crippen LogP contribution in [0.3, 0.4) is 0 Å². The van der Waals surface area contributed by atoms with E-state index in [-0.39, 0.29) is 11.6 Å². The number of benzene rings is 2. The Morgan fingerprint density at radius 3 is 2.60 bits per heavy atom. The van der Waals surface area contributed by atoms with Crippen LogP contribution in [-0.4, -0.2) is 48.8 Å². The number of likely N-dealkylation sites (tertiary alicyclic amines) is 1. The number of rotatable bonds is 7. The summed E-state index contributed by atoms with van der Waals surface area (Å²) in [6.07, 6.45) is 2.02. The van der Waals surface area contributed by atoms with E-state index in [1.165, 1.54) is 19.2 Å². The van der Waals surface area contributed by atoms with Gasteiger partial charge in [0.15, 0.2) is 17.5 Å². The van der Waals surface area contributed by atoms with Gasteiger partial charge in [0.2, 0.25) is 0 Å². The fourth-order valence-corrected chi connectivity index (χ4v) is 3.62.